The van der Waals surface area contributed by atoms with Crippen LogP contribution in [0.2, 0.25) is 0 Å². The van der Waals surface area contributed by atoms with E-state index in [0.29, 0.717) is 11.7 Å². The zero-order chi connectivity index (χ0) is 16.0. The Morgan fingerprint density at radius 3 is 2.61 bits per heavy atom. The van der Waals surface area contributed by atoms with E-state index in [1.165, 1.54) is 0 Å². The van der Waals surface area contributed by atoms with Crippen molar-refractivity contribution in [3.05, 3.63) is 46.7 Å². The van der Waals surface area contributed by atoms with Crippen LogP contribution in [-0.4, -0.2) is 14.7 Å². The molecular weight excluding hydrogens is 356 g/mol. The van der Waals surface area contributed by atoms with E-state index in [9.17, 15) is 0 Å². The standard InChI is InChI=1S/C17H17BrN4O/c1-22-13(11-5-2-3-6-12(11)18)7-8-14(22)15-20-16(21-23-15)17(19)9-4-10-17/h2-3,5-8H,4,9-10,19H2,1H3. The minimum absolute atomic E-state index is 0.405. The zero-order valence-electron chi connectivity index (χ0n) is 12.8. The molecule has 2 heterocycles. The van der Waals surface area contributed by atoms with Gasteiger partial charge in [0.05, 0.1) is 5.54 Å². The van der Waals surface area contributed by atoms with Crippen LogP contribution in [0.1, 0.15) is 25.1 Å². The van der Waals surface area contributed by atoms with E-state index < -0.39 is 5.54 Å². The van der Waals surface area contributed by atoms with Gasteiger partial charge in [-0.1, -0.05) is 39.3 Å². The topological polar surface area (TPSA) is 69.9 Å². The van der Waals surface area contributed by atoms with Crippen molar-refractivity contribution < 1.29 is 4.52 Å². The molecule has 0 saturated heterocycles. The van der Waals surface area contributed by atoms with E-state index >= 15 is 0 Å². The Morgan fingerprint density at radius 2 is 1.91 bits per heavy atom. The van der Waals surface area contributed by atoms with Gasteiger partial charge < -0.3 is 14.8 Å². The van der Waals surface area contributed by atoms with Crippen molar-refractivity contribution in [1.82, 2.24) is 14.7 Å². The first-order valence-electron chi connectivity index (χ1n) is 7.62. The SMILES string of the molecule is Cn1c(-c2nc(C3(N)CCC3)no2)ccc1-c1ccccc1Br. The van der Waals surface area contributed by atoms with Gasteiger partial charge in [-0.15, -0.1) is 0 Å². The molecule has 0 amide bonds. The molecular formula is C17H17BrN4O. The number of hydrogen-bond donors (Lipinski definition) is 1. The van der Waals surface area contributed by atoms with Gasteiger partial charge in [0, 0.05) is 22.8 Å². The molecule has 1 saturated carbocycles. The Bertz CT molecular complexity index is 863. The van der Waals surface area contributed by atoms with Crippen molar-refractivity contribution in [1.29, 1.82) is 0 Å². The van der Waals surface area contributed by atoms with E-state index in [4.69, 9.17) is 10.3 Å². The van der Waals surface area contributed by atoms with Crippen LogP contribution in [0.5, 0.6) is 0 Å². The highest BCUT2D eigenvalue weighted by Gasteiger charge is 2.39. The molecule has 0 atom stereocenters. The van der Waals surface area contributed by atoms with Gasteiger partial charge >= 0.3 is 0 Å². The minimum atomic E-state index is -0.405. The first-order chi connectivity index (χ1) is 11.1. The van der Waals surface area contributed by atoms with Gasteiger partial charge in [-0.2, -0.15) is 4.98 Å². The third-order valence-electron chi connectivity index (χ3n) is 4.61. The number of aromatic nitrogens is 3. The number of hydrogen-bond acceptors (Lipinski definition) is 4. The zero-order valence-corrected chi connectivity index (χ0v) is 14.4. The molecule has 6 heteroatoms. The maximum atomic E-state index is 6.27. The maximum absolute atomic E-state index is 6.27. The second kappa shape index (κ2) is 5.32. The molecule has 1 fully saturated rings. The summed E-state index contributed by atoms with van der Waals surface area (Å²) >= 11 is 3.60. The lowest BCUT2D eigenvalue weighted by Gasteiger charge is -2.34. The summed E-state index contributed by atoms with van der Waals surface area (Å²) in [6, 6.07) is 12.2. The van der Waals surface area contributed by atoms with Crippen LogP contribution in [0, 0.1) is 0 Å². The second-order valence-electron chi connectivity index (χ2n) is 6.08. The van der Waals surface area contributed by atoms with Gasteiger partial charge in [0.25, 0.3) is 5.89 Å². The van der Waals surface area contributed by atoms with Crippen LogP contribution in [0.3, 0.4) is 0 Å². The molecule has 118 valence electrons. The summed E-state index contributed by atoms with van der Waals surface area (Å²) in [6.45, 7) is 0. The van der Waals surface area contributed by atoms with Crippen LogP contribution in [-0.2, 0) is 12.6 Å². The average Bonchev–Trinajstić information content (AvgIpc) is 3.12. The van der Waals surface area contributed by atoms with Crippen molar-refractivity contribution in [2.24, 2.45) is 12.8 Å². The molecule has 0 unspecified atom stereocenters. The molecule has 1 aliphatic carbocycles. The lowest BCUT2D eigenvalue weighted by Crippen LogP contribution is -2.44. The molecule has 1 aromatic carbocycles. The first kappa shape index (κ1) is 14.7. The molecule has 4 rings (SSSR count). The fourth-order valence-electron chi connectivity index (χ4n) is 2.98. The monoisotopic (exact) mass is 372 g/mol. The predicted molar refractivity (Wildman–Crippen MR) is 91.6 cm³/mol. The number of halogens is 1. The second-order valence-corrected chi connectivity index (χ2v) is 6.93. The Hall–Kier alpha value is -1.92. The van der Waals surface area contributed by atoms with Crippen LogP contribution >= 0.6 is 15.9 Å². The number of rotatable bonds is 3. The van der Waals surface area contributed by atoms with Crippen molar-refractivity contribution in [2.75, 3.05) is 0 Å². The summed E-state index contributed by atoms with van der Waals surface area (Å²) in [5.41, 5.74) is 8.96. The fraction of sp³-hybridized carbons (Fsp3) is 0.294. The highest BCUT2D eigenvalue weighted by Crippen LogP contribution is 2.38. The normalized spacial score (nSPS) is 16.3. The Kier molecular flexibility index (Phi) is 3.39. The lowest BCUT2D eigenvalue weighted by molar-refractivity contribution is 0.229. The Morgan fingerprint density at radius 1 is 1.17 bits per heavy atom. The number of nitrogens with two attached hydrogens (primary N) is 1. The van der Waals surface area contributed by atoms with Gasteiger partial charge in [-0.05, 0) is 37.5 Å². The molecule has 1 aliphatic rings. The highest BCUT2D eigenvalue weighted by molar-refractivity contribution is 9.10. The van der Waals surface area contributed by atoms with Crippen molar-refractivity contribution in [3.63, 3.8) is 0 Å². The van der Waals surface area contributed by atoms with Gasteiger partial charge in [0.15, 0.2) is 5.82 Å². The molecule has 0 bridgehead atoms. The molecule has 5 nitrogen and oxygen atoms in total. The van der Waals surface area contributed by atoms with Crippen LogP contribution < -0.4 is 5.73 Å². The summed E-state index contributed by atoms with van der Waals surface area (Å²) in [5.74, 6) is 1.12. The van der Waals surface area contributed by atoms with E-state index in [0.717, 1.165) is 40.7 Å². The van der Waals surface area contributed by atoms with E-state index in [-0.39, 0.29) is 0 Å². The number of benzene rings is 1. The fourth-order valence-corrected chi connectivity index (χ4v) is 3.46. The molecule has 0 spiro atoms. The maximum Gasteiger partial charge on any atom is 0.274 e. The van der Waals surface area contributed by atoms with Gasteiger partial charge in [-0.3, -0.25) is 0 Å². The summed E-state index contributed by atoms with van der Waals surface area (Å²) < 4.78 is 8.57. The predicted octanol–water partition coefficient (Wildman–Crippen LogP) is 3.84. The summed E-state index contributed by atoms with van der Waals surface area (Å²) in [4.78, 5) is 4.53. The van der Waals surface area contributed by atoms with Crippen molar-refractivity contribution in [3.8, 4) is 22.8 Å². The van der Waals surface area contributed by atoms with Gasteiger partial charge in [0.2, 0.25) is 0 Å². The van der Waals surface area contributed by atoms with Gasteiger partial charge in [0.1, 0.15) is 5.69 Å². The molecule has 0 radical (unpaired) electrons. The molecule has 23 heavy (non-hydrogen) atoms. The van der Waals surface area contributed by atoms with Crippen LogP contribution in [0.25, 0.3) is 22.8 Å². The number of nitrogens with zero attached hydrogens (tertiary/aromatic N) is 3. The Labute approximate surface area is 142 Å². The van der Waals surface area contributed by atoms with Crippen molar-refractivity contribution >= 4 is 15.9 Å². The smallest absolute Gasteiger partial charge is 0.274 e. The largest absolute Gasteiger partial charge is 0.340 e. The summed E-state index contributed by atoms with van der Waals surface area (Å²) in [5, 5.41) is 4.09. The van der Waals surface area contributed by atoms with Crippen LogP contribution in [0.15, 0.2) is 45.4 Å². The van der Waals surface area contributed by atoms with E-state index in [2.05, 4.69) is 42.8 Å². The Balaban J connectivity index is 1.73. The third kappa shape index (κ3) is 2.33. The van der Waals surface area contributed by atoms with Crippen molar-refractivity contribution in [2.45, 2.75) is 24.8 Å². The minimum Gasteiger partial charge on any atom is -0.340 e. The summed E-state index contributed by atoms with van der Waals surface area (Å²) in [7, 11) is 2.00. The highest BCUT2D eigenvalue weighted by atomic mass is 79.9. The van der Waals surface area contributed by atoms with E-state index in [1.807, 2.05) is 31.3 Å². The average molecular weight is 373 g/mol. The molecule has 2 N–H and O–H groups in total. The van der Waals surface area contributed by atoms with E-state index in [1.54, 1.807) is 0 Å². The van der Waals surface area contributed by atoms with Crippen LogP contribution in [0.4, 0.5) is 0 Å². The first-order valence-corrected chi connectivity index (χ1v) is 8.42. The molecule has 0 aliphatic heterocycles. The lowest BCUT2D eigenvalue weighted by atomic mass is 9.77. The third-order valence-corrected chi connectivity index (χ3v) is 5.30. The quantitative estimate of drug-likeness (QED) is 0.757. The molecule has 2 aromatic heterocycles. The summed E-state index contributed by atoms with van der Waals surface area (Å²) in [6.07, 6.45) is 2.96. The molecule has 3 aromatic rings. The van der Waals surface area contributed by atoms with Gasteiger partial charge in [-0.25, -0.2) is 0 Å².